The molecule has 0 bridgehead atoms. The maximum atomic E-state index is 10.3. The predicted octanol–water partition coefficient (Wildman–Crippen LogP) is 5.10. The van der Waals surface area contributed by atoms with E-state index >= 15 is 0 Å². The van der Waals surface area contributed by atoms with Gasteiger partial charge in [0.1, 0.15) is 5.75 Å². The summed E-state index contributed by atoms with van der Waals surface area (Å²) in [5.41, 5.74) is 0.961. The fourth-order valence-electron chi connectivity index (χ4n) is 2.32. The highest BCUT2D eigenvalue weighted by atomic mass is 79.9. The Hall–Kier alpha value is -0.540. The molecule has 1 aromatic rings. The summed E-state index contributed by atoms with van der Waals surface area (Å²) in [4.78, 5) is 0. The average Bonchev–Trinajstić information content (AvgIpc) is 2.43. The van der Waals surface area contributed by atoms with Crippen molar-refractivity contribution in [2.24, 2.45) is 5.92 Å². The Morgan fingerprint density at radius 2 is 2.05 bits per heavy atom. The van der Waals surface area contributed by atoms with E-state index in [1.54, 1.807) is 7.11 Å². The smallest absolute Gasteiger partial charge is 0.133 e. The van der Waals surface area contributed by atoms with Crippen molar-refractivity contribution in [1.29, 1.82) is 0 Å². The van der Waals surface area contributed by atoms with E-state index in [2.05, 4.69) is 29.8 Å². The number of unbranched alkanes of at least 4 members (excludes halogenated alkanes) is 1. The van der Waals surface area contributed by atoms with Gasteiger partial charge in [0.15, 0.2) is 0 Å². The van der Waals surface area contributed by atoms with Crippen LogP contribution in [0.25, 0.3) is 0 Å². The molecule has 0 heterocycles. The number of methoxy groups -OCH3 is 1. The van der Waals surface area contributed by atoms with Crippen molar-refractivity contribution < 1.29 is 9.84 Å². The summed E-state index contributed by atoms with van der Waals surface area (Å²) >= 11 is 3.46. The van der Waals surface area contributed by atoms with Crippen molar-refractivity contribution in [3.05, 3.63) is 28.2 Å². The minimum absolute atomic E-state index is 0.385. The topological polar surface area (TPSA) is 29.5 Å². The Morgan fingerprint density at radius 3 is 2.58 bits per heavy atom. The lowest BCUT2D eigenvalue weighted by molar-refractivity contribution is 0.139. The van der Waals surface area contributed by atoms with E-state index in [9.17, 15) is 5.11 Å². The van der Waals surface area contributed by atoms with Gasteiger partial charge in [-0.25, -0.2) is 0 Å². The second-order valence-electron chi connectivity index (χ2n) is 5.06. The molecule has 0 radical (unpaired) electrons. The third kappa shape index (κ3) is 5.15. The van der Waals surface area contributed by atoms with Crippen molar-refractivity contribution in [2.45, 2.75) is 52.1 Å². The first kappa shape index (κ1) is 16.5. The van der Waals surface area contributed by atoms with Crippen LogP contribution in [0, 0.1) is 5.92 Å². The highest BCUT2D eigenvalue weighted by molar-refractivity contribution is 9.10. The van der Waals surface area contributed by atoms with Crippen LogP contribution >= 0.6 is 15.9 Å². The highest BCUT2D eigenvalue weighted by Gasteiger charge is 2.15. The molecule has 0 saturated carbocycles. The first-order chi connectivity index (χ1) is 9.12. The van der Waals surface area contributed by atoms with E-state index in [1.165, 1.54) is 19.3 Å². The number of hydrogen-bond acceptors (Lipinski definition) is 2. The lowest BCUT2D eigenvalue weighted by Crippen LogP contribution is -2.07. The van der Waals surface area contributed by atoms with Crippen LogP contribution in [0.5, 0.6) is 5.75 Å². The molecule has 0 fully saturated rings. The lowest BCUT2D eigenvalue weighted by Gasteiger charge is -2.19. The van der Waals surface area contributed by atoms with E-state index in [0.29, 0.717) is 5.92 Å². The Bertz CT molecular complexity index is 379. The van der Waals surface area contributed by atoms with Crippen molar-refractivity contribution in [3.8, 4) is 5.75 Å². The number of ether oxygens (including phenoxy) is 1. The molecule has 1 aromatic carbocycles. The number of aliphatic hydroxyl groups is 1. The zero-order valence-electron chi connectivity index (χ0n) is 12.2. The van der Waals surface area contributed by atoms with Crippen LogP contribution in [0.2, 0.25) is 0 Å². The molecular formula is C16H25BrO2. The van der Waals surface area contributed by atoms with Gasteiger partial charge >= 0.3 is 0 Å². The third-order valence-electron chi connectivity index (χ3n) is 3.66. The molecule has 0 aromatic heterocycles. The van der Waals surface area contributed by atoms with Crippen LogP contribution < -0.4 is 4.74 Å². The van der Waals surface area contributed by atoms with Gasteiger partial charge in [0.2, 0.25) is 0 Å². The third-order valence-corrected chi connectivity index (χ3v) is 4.28. The number of benzene rings is 1. The predicted molar refractivity (Wildman–Crippen MR) is 83.6 cm³/mol. The van der Waals surface area contributed by atoms with Crippen LogP contribution in [-0.2, 0) is 0 Å². The Balaban J connectivity index is 2.65. The minimum atomic E-state index is -0.385. The lowest BCUT2D eigenvalue weighted by atomic mass is 9.91. The molecule has 0 aliphatic rings. The molecule has 0 saturated heterocycles. The van der Waals surface area contributed by atoms with Crippen molar-refractivity contribution >= 4 is 15.9 Å². The Kier molecular flexibility index (Phi) is 7.47. The fourth-order valence-corrected chi connectivity index (χ4v) is 2.88. The van der Waals surface area contributed by atoms with Gasteiger partial charge in [0.25, 0.3) is 0 Å². The van der Waals surface area contributed by atoms with Gasteiger partial charge in [-0.15, -0.1) is 0 Å². The fraction of sp³-hybridized carbons (Fsp3) is 0.625. The van der Waals surface area contributed by atoms with Crippen LogP contribution in [0.15, 0.2) is 22.7 Å². The van der Waals surface area contributed by atoms with E-state index in [1.807, 2.05) is 18.2 Å². The number of hydrogen-bond donors (Lipinski definition) is 1. The summed E-state index contributed by atoms with van der Waals surface area (Å²) in [6, 6.07) is 5.80. The average molecular weight is 329 g/mol. The SMILES string of the molecule is CCCCC(CC)CC(O)c1ccc(OC)c(Br)c1. The van der Waals surface area contributed by atoms with Crippen LogP contribution in [-0.4, -0.2) is 12.2 Å². The van der Waals surface area contributed by atoms with E-state index in [4.69, 9.17) is 4.74 Å². The molecule has 0 aliphatic heterocycles. The summed E-state index contributed by atoms with van der Waals surface area (Å²) in [6.45, 7) is 4.42. The molecular weight excluding hydrogens is 304 g/mol. The molecule has 2 unspecified atom stereocenters. The van der Waals surface area contributed by atoms with Crippen molar-refractivity contribution in [2.75, 3.05) is 7.11 Å². The van der Waals surface area contributed by atoms with Gasteiger partial charge in [0, 0.05) is 0 Å². The molecule has 108 valence electrons. The van der Waals surface area contributed by atoms with Gasteiger partial charge in [-0.1, -0.05) is 45.6 Å². The normalized spacial score (nSPS) is 14.2. The molecule has 2 nitrogen and oxygen atoms in total. The maximum absolute atomic E-state index is 10.3. The van der Waals surface area contributed by atoms with Gasteiger partial charge < -0.3 is 9.84 Å². The van der Waals surface area contributed by atoms with Crippen LogP contribution in [0.4, 0.5) is 0 Å². The largest absolute Gasteiger partial charge is 0.496 e. The second-order valence-corrected chi connectivity index (χ2v) is 5.92. The molecule has 0 amide bonds. The van der Waals surface area contributed by atoms with E-state index < -0.39 is 0 Å². The summed E-state index contributed by atoms with van der Waals surface area (Å²) in [7, 11) is 1.65. The zero-order chi connectivity index (χ0) is 14.3. The molecule has 2 atom stereocenters. The summed E-state index contributed by atoms with van der Waals surface area (Å²) in [5.74, 6) is 1.41. The maximum Gasteiger partial charge on any atom is 0.133 e. The number of rotatable bonds is 8. The van der Waals surface area contributed by atoms with Gasteiger partial charge in [-0.3, -0.25) is 0 Å². The summed E-state index contributed by atoms with van der Waals surface area (Å²) < 4.78 is 6.10. The molecule has 0 spiro atoms. The molecule has 3 heteroatoms. The first-order valence-corrected chi connectivity index (χ1v) is 7.93. The van der Waals surface area contributed by atoms with Crippen LogP contribution in [0.1, 0.15) is 57.6 Å². The zero-order valence-corrected chi connectivity index (χ0v) is 13.7. The van der Waals surface area contributed by atoms with E-state index in [0.717, 1.165) is 28.6 Å². The standard InChI is InChI=1S/C16H25BrO2/c1-4-6-7-12(5-2)10-15(18)13-8-9-16(19-3)14(17)11-13/h8-9,11-12,15,18H,4-7,10H2,1-3H3. The van der Waals surface area contributed by atoms with Gasteiger partial charge in [-0.2, -0.15) is 0 Å². The van der Waals surface area contributed by atoms with Crippen LogP contribution in [0.3, 0.4) is 0 Å². The number of aliphatic hydroxyl groups excluding tert-OH is 1. The minimum Gasteiger partial charge on any atom is -0.496 e. The quantitative estimate of drug-likeness (QED) is 0.719. The monoisotopic (exact) mass is 328 g/mol. The number of halogens is 1. The molecule has 1 rings (SSSR count). The Labute approximate surface area is 125 Å². The summed E-state index contributed by atoms with van der Waals surface area (Å²) in [5, 5.41) is 10.3. The van der Waals surface area contributed by atoms with Gasteiger partial charge in [0.05, 0.1) is 17.7 Å². The first-order valence-electron chi connectivity index (χ1n) is 7.13. The Morgan fingerprint density at radius 1 is 1.32 bits per heavy atom. The second kappa shape index (κ2) is 8.60. The molecule has 1 N–H and O–H groups in total. The highest BCUT2D eigenvalue weighted by Crippen LogP contribution is 2.31. The van der Waals surface area contributed by atoms with Crippen molar-refractivity contribution in [1.82, 2.24) is 0 Å². The molecule has 0 aliphatic carbocycles. The van der Waals surface area contributed by atoms with E-state index in [-0.39, 0.29) is 6.10 Å². The molecule has 19 heavy (non-hydrogen) atoms. The summed E-state index contributed by atoms with van der Waals surface area (Å²) in [6.07, 6.45) is 5.27. The van der Waals surface area contributed by atoms with Crippen molar-refractivity contribution in [3.63, 3.8) is 0 Å². The van der Waals surface area contributed by atoms with Gasteiger partial charge in [-0.05, 0) is 46.0 Å².